The number of halogens is 2. The van der Waals surface area contributed by atoms with Crippen molar-refractivity contribution in [3.05, 3.63) is 64.9 Å². The zero-order valence-corrected chi connectivity index (χ0v) is 22.0. The molecular weight excluding hydrogens is 490 g/mol. The van der Waals surface area contributed by atoms with E-state index in [1.54, 1.807) is 17.4 Å². The molecule has 0 bridgehead atoms. The first-order chi connectivity index (χ1) is 18.0. The number of piperidine rings is 1. The lowest BCUT2D eigenvalue weighted by Gasteiger charge is -2.34. The summed E-state index contributed by atoms with van der Waals surface area (Å²) in [5.41, 5.74) is 3.48. The van der Waals surface area contributed by atoms with Gasteiger partial charge in [0.05, 0.1) is 24.1 Å². The highest BCUT2D eigenvalue weighted by Crippen LogP contribution is 2.39. The minimum atomic E-state index is -0.573. The Balaban J connectivity index is 1.33. The van der Waals surface area contributed by atoms with Crippen LogP contribution in [0.3, 0.4) is 0 Å². The Morgan fingerprint density at radius 1 is 1.00 bits per heavy atom. The molecule has 37 heavy (non-hydrogen) atoms. The van der Waals surface area contributed by atoms with Crippen molar-refractivity contribution in [3.8, 4) is 17.0 Å². The van der Waals surface area contributed by atoms with Crippen molar-refractivity contribution in [1.82, 2.24) is 9.97 Å². The van der Waals surface area contributed by atoms with Crippen LogP contribution < -0.4 is 14.5 Å². The number of hydrogen-bond donors (Lipinski definition) is 0. The first-order valence-corrected chi connectivity index (χ1v) is 13.9. The Bertz CT molecular complexity index is 1450. The van der Waals surface area contributed by atoms with Crippen LogP contribution in [0.4, 0.5) is 20.2 Å². The molecule has 0 spiro atoms. The predicted molar refractivity (Wildman–Crippen MR) is 146 cm³/mol. The summed E-state index contributed by atoms with van der Waals surface area (Å²) in [5, 5.41) is 3.50. The van der Waals surface area contributed by atoms with Gasteiger partial charge in [-0.25, -0.2) is 18.7 Å². The lowest BCUT2D eigenvalue weighted by atomic mass is 10.1. The molecule has 4 heterocycles. The standard InChI is InChI=1S/C29H30F2N4OS/c1-18(2)35-10-11-36-29-22(30)14-20(15-24(29)35)28-23(31)16-32-27(33-28)13-19-6-7-26-21(12-19)25(17-37-26)34-8-4-3-5-9-34/h6-7,12,14-18H,3-5,8-11,13H2,1-2H3. The maximum absolute atomic E-state index is 15.0. The Hall–Kier alpha value is -3.26. The van der Waals surface area contributed by atoms with Gasteiger partial charge in [-0.05, 0) is 62.9 Å². The number of ether oxygens (including phenoxy) is 1. The van der Waals surface area contributed by atoms with E-state index in [2.05, 4.69) is 43.3 Å². The molecule has 1 saturated heterocycles. The van der Waals surface area contributed by atoms with E-state index < -0.39 is 11.6 Å². The average molecular weight is 521 g/mol. The number of hydrogen-bond acceptors (Lipinski definition) is 6. The van der Waals surface area contributed by atoms with E-state index >= 15 is 4.39 Å². The number of rotatable bonds is 5. The summed E-state index contributed by atoms with van der Waals surface area (Å²) in [6.07, 6.45) is 5.41. The van der Waals surface area contributed by atoms with Gasteiger partial charge in [-0.15, -0.1) is 11.3 Å². The third kappa shape index (κ3) is 4.63. The molecule has 8 heteroatoms. The summed E-state index contributed by atoms with van der Waals surface area (Å²) in [4.78, 5) is 13.4. The summed E-state index contributed by atoms with van der Waals surface area (Å²) in [7, 11) is 0. The van der Waals surface area contributed by atoms with Crippen molar-refractivity contribution in [2.75, 3.05) is 36.0 Å². The first kappa shape index (κ1) is 24.1. The lowest BCUT2D eigenvalue weighted by molar-refractivity contribution is 0.287. The van der Waals surface area contributed by atoms with Crippen LogP contribution in [0.15, 0.2) is 41.9 Å². The van der Waals surface area contributed by atoms with Crippen LogP contribution in [0.1, 0.15) is 44.5 Å². The molecule has 0 radical (unpaired) electrons. The van der Waals surface area contributed by atoms with Crippen molar-refractivity contribution in [2.45, 2.75) is 45.6 Å². The van der Waals surface area contributed by atoms with Crippen LogP contribution >= 0.6 is 11.3 Å². The minimum absolute atomic E-state index is 0.103. The topological polar surface area (TPSA) is 41.5 Å². The molecule has 2 aromatic carbocycles. The molecule has 0 N–H and O–H groups in total. The second-order valence-electron chi connectivity index (χ2n) is 10.1. The fourth-order valence-electron chi connectivity index (χ4n) is 5.40. The molecule has 0 amide bonds. The van der Waals surface area contributed by atoms with E-state index in [4.69, 9.17) is 4.74 Å². The van der Waals surface area contributed by atoms with Crippen LogP contribution in [-0.2, 0) is 6.42 Å². The van der Waals surface area contributed by atoms with Gasteiger partial charge in [0.2, 0.25) is 0 Å². The zero-order valence-electron chi connectivity index (χ0n) is 21.1. The van der Waals surface area contributed by atoms with E-state index in [-0.39, 0.29) is 17.5 Å². The van der Waals surface area contributed by atoms with E-state index in [1.165, 1.54) is 47.3 Å². The highest BCUT2D eigenvalue weighted by molar-refractivity contribution is 7.17. The third-order valence-electron chi connectivity index (χ3n) is 7.28. The summed E-state index contributed by atoms with van der Waals surface area (Å²) in [6.45, 7) is 7.35. The van der Waals surface area contributed by atoms with Crippen molar-refractivity contribution in [3.63, 3.8) is 0 Å². The zero-order chi connectivity index (χ0) is 25.5. The number of aromatic nitrogens is 2. The Morgan fingerprint density at radius 3 is 2.65 bits per heavy atom. The van der Waals surface area contributed by atoms with Crippen LogP contribution in [0.25, 0.3) is 21.3 Å². The Morgan fingerprint density at radius 2 is 1.84 bits per heavy atom. The smallest absolute Gasteiger partial charge is 0.178 e. The second-order valence-corrected chi connectivity index (χ2v) is 11.0. The minimum Gasteiger partial charge on any atom is -0.486 e. The molecule has 6 rings (SSSR count). The van der Waals surface area contributed by atoms with Crippen LogP contribution in [-0.4, -0.2) is 42.3 Å². The normalized spacial score (nSPS) is 15.8. The second kappa shape index (κ2) is 9.89. The van der Waals surface area contributed by atoms with Crippen molar-refractivity contribution in [1.29, 1.82) is 0 Å². The van der Waals surface area contributed by atoms with Gasteiger partial charge in [0.1, 0.15) is 18.1 Å². The molecule has 1 fully saturated rings. The van der Waals surface area contributed by atoms with E-state index in [0.29, 0.717) is 36.6 Å². The number of anilines is 2. The average Bonchev–Trinajstić information content (AvgIpc) is 3.33. The van der Waals surface area contributed by atoms with Gasteiger partial charge in [-0.1, -0.05) is 6.07 Å². The maximum Gasteiger partial charge on any atom is 0.178 e. The Kier molecular flexibility index (Phi) is 6.44. The summed E-state index contributed by atoms with van der Waals surface area (Å²) < 4.78 is 36.8. The first-order valence-electron chi connectivity index (χ1n) is 13.0. The van der Waals surface area contributed by atoms with Gasteiger partial charge in [-0.2, -0.15) is 0 Å². The summed E-state index contributed by atoms with van der Waals surface area (Å²) in [5.74, 6) is -0.366. The van der Waals surface area contributed by atoms with Crippen LogP contribution in [0, 0.1) is 11.6 Å². The van der Waals surface area contributed by atoms with Crippen LogP contribution in [0.2, 0.25) is 0 Å². The predicted octanol–water partition coefficient (Wildman–Crippen LogP) is 6.82. The molecule has 0 saturated carbocycles. The molecule has 2 aromatic heterocycles. The molecule has 5 nitrogen and oxygen atoms in total. The van der Waals surface area contributed by atoms with Gasteiger partial charge in [0, 0.05) is 46.6 Å². The quantitative estimate of drug-likeness (QED) is 0.289. The number of benzene rings is 2. The van der Waals surface area contributed by atoms with Crippen molar-refractivity contribution < 1.29 is 13.5 Å². The summed E-state index contributed by atoms with van der Waals surface area (Å²) >= 11 is 1.77. The van der Waals surface area contributed by atoms with E-state index in [0.717, 1.165) is 18.7 Å². The number of fused-ring (bicyclic) bond motifs is 2. The molecule has 4 aromatic rings. The largest absolute Gasteiger partial charge is 0.486 e. The van der Waals surface area contributed by atoms with Crippen molar-refractivity contribution in [2.24, 2.45) is 0 Å². The molecule has 0 aliphatic carbocycles. The molecule has 2 aliphatic rings. The van der Waals surface area contributed by atoms with Gasteiger partial charge >= 0.3 is 0 Å². The van der Waals surface area contributed by atoms with Gasteiger partial charge in [0.25, 0.3) is 0 Å². The SMILES string of the molecule is CC(C)N1CCOc2c(F)cc(-c3nc(Cc4ccc5scc(N6CCCCC6)c5c4)ncc3F)cc21. The molecule has 0 unspecified atom stereocenters. The lowest BCUT2D eigenvalue weighted by Crippen LogP contribution is -2.38. The molecular formula is C29H30F2N4OS. The van der Waals surface area contributed by atoms with Crippen molar-refractivity contribution >= 4 is 32.8 Å². The Labute approximate surface area is 219 Å². The molecule has 2 aliphatic heterocycles. The molecule has 0 atom stereocenters. The fraction of sp³-hybridized carbons (Fsp3) is 0.379. The number of thiophene rings is 1. The highest BCUT2D eigenvalue weighted by atomic mass is 32.1. The number of nitrogens with zero attached hydrogens (tertiary/aromatic N) is 4. The van der Waals surface area contributed by atoms with Crippen LogP contribution in [0.5, 0.6) is 5.75 Å². The fourth-order valence-corrected chi connectivity index (χ4v) is 6.35. The maximum atomic E-state index is 15.0. The molecule has 192 valence electrons. The van der Waals surface area contributed by atoms with E-state index in [9.17, 15) is 4.39 Å². The third-order valence-corrected chi connectivity index (χ3v) is 8.23. The summed E-state index contributed by atoms with van der Waals surface area (Å²) in [6, 6.07) is 9.67. The highest BCUT2D eigenvalue weighted by Gasteiger charge is 2.26. The van der Waals surface area contributed by atoms with Gasteiger partial charge < -0.3 is 14.5 Å². The monoisotopic (exact) mass is 520 g/mol. The van der Waals surface area contributed by atoms with E-state index in [1.807, 2.05) is 13.8 Å². The van der Waals surface area contributed by atoms with Gasteiger partial charge in [0.15, 0.2) is 17.4 Å². The van der Waals surface area contributed by atoms with Gasteiger partial charge in [-0.3, -0.25) is 0 Å².